The van der Waals surface area contributed by atoms with Gasteiger partial charge in [0, 0.05) is 12.6 Å². The molecule has 0 saturated heterocycles. The number of hydrogen-bond donors (Lipinski definition) is 3. The Kier molecular flexibility index (Phi) is 4.76. The third-order valence-corrected chi connectivity index (χ3v) is 5.09. The second-order valence-electron chi connectivity index (χ2n) is 5.08. The molecule has 116 valence electrons. The second kappa shape index (κ2) is 6.37. The van der Waals surface area contributed by atoms with Crippen molar-refractivity contribution >= 4 is 21.4 Å². The van der Waals surface area contributed by atoms with E-state index in [0.717, 1.165) is 37.8 Å². The van der Waals surface area contributed by atoms with Crippen molar-refractivity contribution in [1.82, 2.24) is 4.72 Å². The molecule has 9 heteroatoms. The van der Waals surface area contributed by atoms with Crippen LogP contribution in [-0.4, -0.2) is 19.9 Å². The summed E-state index contributed by atoms with van der Waals surface area (Å²) in [5.74, 6) is 5.57. The lowest BCUT2D eigenvalue weighted by Gasteiger charge is -2.12. The zero-order chi connectivity index (χ0) is 15.5. The monoisotopic (exact) mass is 314 g/mol. The summed E-state index contributed by atoms with van der Waals surface area (Å²) in [5, 5.41) is 10.8. The fraction of sp³-hybridized carbons (Fsp3) is 0.500. The molecular formula is C12H18N4O4S. The van der Waals surface area contributed by atoms with Crippen LogP contribution in [0.2, 0.25) is 0 Å². The van der Waals surface area contributed by atoms with Gasteiger partial charge in [-0.3, -0.25) is 16.0 Å². The Morgan fingerprint density at radius 1 is 1.33 bits per heavy atom. The number of hydrogen-bond acceptors (Lipinski definition) is 6. The minimum Gasteiger partial charge on any atom is -0.318 e. The van der Waals surface area contributed by atoms with Crippen molar-refractivity contribution in [2.75, 3.05) is 12.0 Å². The number of nitrogens with two attached hydrogens (primary N) is 1. The molecule has 0 unspecified atom stereocenters. The van der Waals surface area contributed by atoms with E-state index in [4.69, 9.17) is 5.84 Å². The first-order chi connectivity index (χ1) is 9.94. The number of nitrogens with zero attached hydrogens (tertiary/aromatic N) is 1. The van der Waals surface area contributed by atoms with Crippen LogP contribution in [0.4, 0.5) is 11.4 Å². The highest BCUT2D eigenvalue weighted by Gasteiger charge is 2.22. The van der Waals surface area contributed by atoms with Gasteiger partial charge in [-0.15, -0.1) is 0 Å². The number of nitrogens with one attached hydrogen (secondary N) is 2. The van der Waals surface area contributed by atoms with Crippen molar-refractivity contribution in [2.24, 2.45) is 11.8 Å². The van der Waals surface area contributed by atoms with Gasteiger partial charge in [-0.25, -0.2) is 13.1 Å². The van der Waals surface area contributed by atoms with E-state index in [1.807, 2.05) is 0 Å². The Hall–Kier alpha value is -1.71. The van der Waals surface area contributed by atoms with Crippen molar-refractivity contribution < 1.29 is 13.3 Å². The SMILES string of the molecule is NNc1cc(S(=O)(=O)NCC2CCCC2)ccc1[N+](=O)[O-]. The van der Waals surface area contributed by atoms with Gasteiger partial charge in [0.1, 0.15) is 5.69 Å². The largest absolute Gasteiger partial charge is 0.318 e. The van der Waals surface area contributed by atoms with Crippen LogP contribution in [0.25, 0.3) is 0 Å². The quantitative estimate of drug-likeness (QED) is 0.413. The van der Waals surface area contributed by atoms with E-state index >= 15 is 0 Å². The maximum Gasteiger partial charge on any atom is 0.293 e. The Balaban J connectivity index is 2.17. The second-order valence-corrected chi connectivity index (χ2v) is 6.85. The van der Waals surface area contributed by atoms with Crippen molar-refractivity contribution in [3.05, 3.63) is 28.3 Å². The average molecular weight is 314 g/mol. The molecule has 1 fully saturated rings. The molecule has 0 heterocycles. The number of nitro benzene ring substituents is 1. The zero-order valence-corrected chi connectivity index (χ0v) is 12.2. The normalized spacial score (nSPS) is 16.0. The molecule has 1 aliphatic rings. The summed E-state index contributed by atoms with van der Waals surface area (Å²) in [5.41, 5.74) is 1.84. The lowest BCUT2D eigenvalue weighted by Crippen LogP contribution is -2.28. The highest BCUT2D eigenvalue weighted by Crippen LogP contribution is 2.27. The van der Waals surface area contributed by atoms with Gasteiger partial charge in [0.25, 0.3) is 5.69 Å². The third-order valence-electron chi connectivity index (χ3n) is 3.67. The van der Waals surface area contributed by atoms with Crippen LogP contribution in [-0.2, 0) is 10.0 Å². The molecule has 0 aliphatic heterocycles. The molecule has 2 rings (SSSR count). The molecule has 4 N–H and O–H groups in total. The van der Waals surface area contributed by atoms with Crippen molar-refractivity contribution in [1.29, 1.82) is 0 Å². The summed E-state index contributed by atoms with van der Waals surface area (Å²) in [7, 11) is -3.69. The van der Waals surface area contributed by atoms with Crippen LogP contribution in [0, 0.1) is 16.0 Å². The number of sulfonamides is 1. The number of rotatable bonds is 6. The number of nitro groups is 1. The zero-order valence-electron chi connectivity index (χ0n) is 11.4. The predicted octanol–water partition coefficient (Wildman–Crippen LogP) is 1.35. The van der Waals surface area contributed by atoms with E-state index in [2.05, 4.69) is 10.1 Å². The van der Waals surface area contributed by atoms with Gasteiger partial charge >= 0.3 is 0 Å². The van der Waals surface area contributed by atoms with Gasteiger partial charge in [-0.1, -0.05) is 12.8 Å². The van der Waals surface area contributed by atoms with E-state index in [1.54, 1.807) is 0 Å². The molecule has 1 aromatic rings. The summed E-state index contributed by atoms with van der Waals surface area (Å²) in [6.45, 7) is 0.394. The molecule has 0 atom stereocenters. The molecule has 0 bridgehead atoms. The fourth-order valence-corrected chi connectivity index (χ4v) is 3.62. The summed E-state index contributed by atoms with van der Waals surface area (Å²) in [4.78, 5) is 10.1. The molecule has 1 aromatic carbocycles. The number of hydrazine groups is 1. The smallest absolute Gasteiger partial charge is 0.293 e. The molecule has 0 radical (unpaired) electrons. The van der Waals surface area contributed by atoms with E-state index in [9.17, 15) is 18.5 Å². The molecule has 1 aliphatic carbocycles. The highest BCUT2D eigenvalue weighted by molar-refractivity contribution is 7.89. The summed E-state index contributed by atoms with van der Waals surface area (Å²) < 4.78 is 26.9. The Morgan fingerprint density at radius 3 is 2.57 bits per heavy atom. The molecule has 8 nitrogen and oxygen atoms in total. The van der Waals surface area contributed by atoms with E-state index < -0.39 is 14.9 Å². The van der Waals surface area contributed by atoms with Crippen LogP contribution >= 0.6 is 0 Å². The van der Waals surface area contributed by atoms with Crippen LogP contribution in [0.15, 0.2) is 23.1 Å². The van der Waals surface area contributed by atoms with Crippen molar-refractivity contribution in [3.63, 3.8) is 0 Å². The Labute approximate surface area is 122 Å². The lowest BCUT2D eigenvalue weighted by atomic mass is 10.1. The Morgan fingerprint density at radius 2 is 2.00 bits per heavy atom. The van der Waals surface area contributed by atoms with E-state index in [1.165, 1.54) is 6.07 Å². The van der Waals surface area contributed by atoms with Gasteiger partial charge in [0.2, 0.25) is 10.0 Å². The summed E-state index contributed by atoms with van der Waals surface area (Å²) in [6.07, 6.45) is 4.31. The van der Waals surface area contributed by atoms with Crippen LogP contribution in [0.3, 0.4) is 0 Å². The highest BCUT2D eigenvalue weighted by atomic mass is 32.2. The van der Waals surface area contributed by atoms with Crippen LogP contribution < -0.4 is 16.0 Å². The van der Waals surface area contributed by atoms with Gasteiger partial charge < -0.3 is 5.43 Å². The van der Waals surface area contributed by atoms with E-state index in [0.29, 0.717) is 12.5 Å². The van der Waals surface area contributed by atoms with Crippen LogP contribution in [0.1, 0.15) is 25.7 Å². The Bertz CT molecular complexity index is 626. The lowest BCUT2D eigenvalue weighted by molar-refractivity contribution is -0.384. The molecular weight excluding hydrogens is 296 g/mol. The molecule has 0 aromatic heterocycles. The van der Waals surface area contributed by atoms with Gasteiger partial charge in [-0.2, -0.15) is 0 Å². The number of benzene rings is 1. The predicted molar refractivity (Wildman–Crippen MR) is 78.1 cm³/mol. The van der Waals surface area contributed by atoms with Crippen molar-refractivity contribution in [2.45, 2.75) is 30.6 Å². The fourth-order valence-electron chi connectivity index (χ4n) is 2.48. The minimum atomic E-state index is -3.69. The van der Waals surface area contributed by atoms with Gasteiger partial charge in [-0.05, 0) is 30.9 Å². The minimum absolute atomic E-state index is 0.0382. The summed E-state index contributed by atoms with van der Waals surface area (Å²) in [6, 6.07) is 3.49. The number of nitrogen functional groups attached to an aromatic ring is 1. The average Bonchev–Trinajstić information content (AvgIpc) is 2.97. The first-order valence-electron chi connectivity index (χ1n) is 6.69. The van der Waals surface area contributed by atoms with Crippen molar-refractivity contribution in [3.8, 4) is 0 Å². The molecule has 21 heavy (non-hydrogen) atoms. The molecule has 0 spiro atoms. The first-order valence-corrected chi connectivity index (χ1v) is 8.17. The summed E-state index contributed by atoms with van der Waals surface area (Å²) >= 11 is 0. The first kappa shape index (κ1) is 15.7. The van der Waals surface area contributed by atoms with Gasteiger partial charge in [0.05, 0.1) is 9.82 Å². The number of anilines is 1. The van der Waals surface area contributed by atoms with Gasteiger partial charge in [0.15, 0.2) is 0 Å². The molecule has 0 amide bonds. The topological polar surface area (TPSA) is 127 Å². The molecule has 1 saturated carbocycles. The maximum atomic E-state index is 12.2. The van der Waals surface area contributed by atoms with E-state index in [-0.39, 0.29) is 16.3 Å². The maximum absolute atomic E-state index is 12.2. The third kappa shape index (κ3) is 3.69. The standard InChI is InChI=1S/C12H18N4O4S/c13-15-11-7-10(5-6-12(11)16(17)18)21(19,20)14-8-9-3-1-2-4-9/h5-7,9,14-15H,1-4,8,13H2. The van der Waals surface area contributed by atoms with Crippen LogP contribution in [0.5, 0.6) is 0 Å².